The van der Waals surface area contributed by atoms with Gasteiger partial charge in [0.05, 0.1) is 0 Å². The summed E-state index contributed by atoms with van der Waals surface area (Å²) in [5, 5.41) is 9.09. The Kier molecular flexibility index (Phi) is 13.5. The molecule has 2 heterocycles. The van der Waals surface area contributed by atoms with E-state index in [0.717, 1.165) is 61.9 Å². The molecule has 2 fully saturated rings. The number of hydrogen-bond acceptors (Lipinski definition) is 5. The van der Waals surface area contributed by atoms with Gasteiger partial charge in [-0.1, -0.05) is 69.2 Å². The Morgan fingerprint density at radius 2 is 1.53 bits per heavy atom. The van der Waals surface area contributed by atoms with Crippen LogP contribution in [-0.4, -0.2) is 79.0 Å². The standard InChI is InChI=1S/C36H53N5O4/c1-27(2)24-32(39-36(44)41-22-9-4-5-10-23-41)35(43)38-33(34(42)37-20-19-30-14-11-21-40(30)3)25-28-15-17-31(18-16-28)45-26-29-12-7-6-8-13-29/h6-8,12-13,15-18,27,30,32-33H,4-5,9-11,14,19-26H2,1-3H3,(H,37,42)(H,38,43)(H,39,44). The van der Waals surface area contributed by atoms with Gasteiger partial charge in [-0.3, -0.25) is 9.59 Å². The molecule has 0 aromatic heterocycles. The van der Waals surface area contributed by atoms with Gasteiger partial charge in [-0.25, -0.2) is 4.79 Å². The van der Waals surface area contributed by atoms with Crippen LogP contribution >= 0.6 is 0 Å². The molecule has 246 valence electrons. The van der Waals surface area contributed by atoms with Crippen LogP contribution in [0.2, 0.25) is 0 Å². The third-order valence-corrected chi connectivity index (χ3v) is 8.91. The lowest BCUT2D eigenvalue weighted by molar-refractivity contribution is -0.130. The summed E-state index contributed by atoms with van der Waals surface area (Å²) in [6.07, 6.45) is 8.19. The van der Waals surface area contributed by atoms with Crippen LogP contribution in [0, 0.1) is 5.92 Å². The van der Waals surface area contributed by atoms with Gasteiger partial charge in [0.15, 0.2) is 0 Å². The predicted molar refractivity (Wildman–Crippen MR) is 178 cm³/mol. The Morgan fingerprint density at radius 1 is 0.822 bits per heavy atom. The van der Waals surface area contributed by atoms with Gasteiger partial charge in [0, 0.05) is 32.1 Å². The Morgan fingerprint density at radius 3 is 2.18 bits per heavy atom. The summed E-state index contributed by atoms with van der Waals surface area (Å²) in [5.74, 6) is 0.381. The molecular formula is C36H53N5O4. The highest BCUT2D eigenvalue weighted by Gasteiger charge is 2.29. The molecule has 3 atom stereocenters. The number of rotatable bonds is 14. The molecular weight excluding hydrogens is 566 g/mol. The van der Waals surface area contributed by atoms with Gasteiger partial charge in [0.1, 0.15) is 24.4 Å². The van der Waals surface area contributed by atoms with E-state index in [2.05, 4.69) is 27.9 Å². The molecule has 3 unspecified atom stereocenters. The molecule has 4 rings (SSSR count). The molecule has 2 aliphatic rings. The third kappa shape index (κ3) is 11.4. The summed E-state index contributed by atoms with van der Waals surface area (Å²) < 4.78 is 5.94. The van der Waals surface area contributed by atoms with Crippen molar-refractivity contribution in [3.05, 3.63) is 65.7 Å². The maximum Gasteiger partial charge on any atom is 0.318 e. The number of amides is 4. The van der Waals surface area contributed by atoms with Crippen molar-refractivity contribution >= 4 is 17.8 Å². The summed E-state index contributed by atoms with van der Waals surface area (Å²) in [5.41, 5.74) is 2.00. The van der Waals surface area contributed by atoms with E-state index in [9.17, 15) is 14.4 Å². The van der Waals surface area contributed by atoms with Gasteiger partial charge in [-0.15, -0.1) is 0 Å². The van der Waals surface area contributed by atoms with E-state index in [1.54, 1.807) is 0 Å². The molecule has 3 N–H and O–H groups in total. The second kappa shape index (κ2) is 17.8. The minimum atomic E-state index is -0.778. The second-order valence-corrected chi connectivity index (χ2v) is 13.1. The SMILES string of the molecule is CC(C)CC(NC(=O)N1CCCCCC1)C(=O)NC(Cc1ccc(OCc2ccccc2)cc1)C(=O)NCCC1CCCN1C. The van der Waals surface area contributed by atoms with Crippen molar-refractivity contribution in [1.82, 2.24) is 25.8 Å². The predicted octanol–water partition coefficient (Wildman–Crippen LogP) is 4.89. The van der Waals surface area contributed by atoms with Crippen LogP contribution in [0.15, 0.2) is 54.6 Å². The zero-order chi connectivity index (χ0) is 32.0. The zero-order valence-corrected chi connectivity index (χ0v) is 27.4. The lowest BCUT2D eigenvalue weighted by atomic mass is 10.0. The van der Waals surface area contributed by atoms with Crippen molar-refractivity contribution in [3.8, 4) is 5.75 Å². The van der Waals surface area contributed by atoms with Gasteiger partial charge in [0.2, 0.25) is 11.8 Å². The van der Waals surface area contributed by atoms with Gasteiger partial charge >= 0.3 is 6.03 Å². The molecule has 4 amide bonds. The molecule has 45 heavy (non-hydrogen) atoms. The first kappa shape index (κ1) is 34.3. The number of likely N-dealkylation sites (tertiary alicyclic amines) is 2. The Balaban J connectivity index is 1.41. The van der Waals surface area contributed by atoms with Crippen LogP contribution in [0.1, 0.15) is 76.3 Å². The van der Waals surface area contributed by atoms with Gasteiger partial charge < -0.3 is 30.5 Å². The van der Waals surface area contributed by atoms with E-state index >= 15 is 0 Å². The fourth-order valence-electron chi connectivity index (χ4n) is 6.23. The minimum Gasteiger partial charge on any atom is -0.489 e. The van der Waals surface area contributed by atoms with E-state index in [4.69, 9.17) is 4.74 Å². The maximum absolute atomic E-state index is 13.7. The fourth-order valence-corrected chi connectivity index (χ4v) is 6.23. The van der Waals surface area contributed by atoms with Crippen molar-refractivity contribution in [2.24, 2.45) is 5.92 Å². The summed E-state index contributed by atoms with van der Waals surface area (Å²) in [6, 6.07) is 16.4. The first-order valence-electron chi connectivity index (χ1n) is 16.9. The molecule has 9 heteroatoms. The Bertz CT molecular complexity index is 1200. The molecule has 0 bridgehead atoms. The zero-order valence-electron chi connectivity index (χ0n) is 27.4. The molecule has 9 nitrogen and oxygen atoms in total. The summed E-state index contributed by atoms with van der Waals surface area (Å²) in [6.45, 7) is 7.57. The van der Waals surface area contributed by atoms with Crippen molar-refractivity contribution in [1.29, 1.82) is 0 Å². The minimum absolute atomic E-state index is 0.185. The average molecular weight is 620 g/mol. The summed E-state index contributed by atoms with van der Waals surface area (Å²) in [4.78, 5) is 44.6. The van der Waals surface area contributed by atoms with Crippen LogP contribution in [0.5, 0.6) is 5.75 Å². The van der Waals surface area contributed by atoms with Gasteiger partial charge in [-0.05, 0) is 81.3 Å². The topological polar surface area (TPSA) is 103 Å². The maximum atomic E-state index is 13.7. The third-order valence-electron chi connectivity index (χ3n) is 8.91. The van der Waals surface area contributed by atoms with E-state index in [-0.39, 0.29) is 23.8 Å². The average Bonchev–Trinajstić information content (AvgIpc) is 3.25. The lowest BCUT2D eigenvalue weighted by Gasteiger charge is -2.27. The molecule has 2 aliphatic heterocycles. The smallest absolute Gasteiger partial charge is 0.318 e. The fraction of sp³-hybridized carbons (Fsp3) is 0.583. The highest BCUT2D eigenvalue weighted by atomic mass is 16.5. The van der Waals surface area contributed by atoms with Crippen LogP contribution in [0.3, 0.4) is 0 Å². The number of hydrogen-bond donors (Lipinski definition) is 3. The lowest BCUT2D eigenvalue weighted by Crippen LogP contribution is -2.56. The molecule has 0 radical (unpaired) electrons. The van der Waals surface area contributed by atoms with E-state index in [1.807, 2.05) is 73.3 Å². The van der Waals surface area contributed by atoms with Crippen molar-refractivity contribution in [2.45, 2.75) is 96.4 Å². The Labute approximate surface area is 269 Å². The molecule has 2 aromatic rings. The molecule has 0 spiro atoms. The number of nitrogens with zero attached hydrogens (tertiary/aromatic N) is 2. The number of carbonyl (C=O) groups is 3. The Hall–Kier alpha value is -3.59. The number of urea groups is 1. The normalized spacial score (nSPS) is 18.6. The van der Waals surface area contributed by atoms with Gasteiger partial charge in [-0.2, -0.15) is 0 Å². The molecule has 2 saturated heterocycles. The first-order chi connectivity index (χ1) is 21.8. The number of ether oxygens (including phenoxy) is 1. The number of nitrogens with one attached hydrogen (secondary N) is 3. The largest absolute Gasteiger partial charge is 0.489 e. The quantitative estimate of drug-likeness (QED) is 0.279. The van der Waals surface area contributed by atoms with Crippen LogP contribution < -0.4 is 20.7 Å². The van der Waals surface area contributed by atoms with Crippen molar-refractivity contribution < 1.29 is 19.1 Å². The van der Waals surface area contributed by atoms with Crippen LogP contribution in [0.25, 0.3) is 0 Å². The summed E-state index contributed by atoms with van der Waals surface area (Å²) in [7, 11) is 2.13. The second-order valence-electron chi connectivity index (χ2n) is 13.1. The molecule has 0 aliphatic carbocycles. The molecule has 2 aromatic carbocycles. The first-order valence-corrected chi connectivity index (χ1v) is 16.9. The molecule has 0 saturated carbocycles. The number of carbonyl (C=O) groups excluding carboxylic acids is 3. The van der Waals surface area contributed by atoms with Crippen LogP contribution in [0.4, 0.5) is 4.79 Å². The van der Waals surface area contributed by atoms with Crippen molar-refractivity contribution in [2.75, 3.05) is 33.2 Å². The highest BCUT2D eigenvalue weighted by molar-refractivity contribution is 5.92. The summed E-state index contributed by atoms with van der Waals surface area (Å²) >= 11 is 0. The van der Waals surface area contributed by atoms with Crippen molar-refractivity contribution in [3.63, 3.8) is 0 Å². The van der Waals surface area contributed by atoms with Crippen LogP contribution in [-0.2, 0) is 22.6 Å². The van der Waals surface area contributed by atoms with E-state index in [0.29, 0.717) is 45.1 Å². The monoisotopic (exact) mass is 619 g/mol. The van der Waals surface area contributed by atoms with E-state index < -0.39 is 12.1 Å². The van der Waals surface area contributed by atoms with E-state index in [1.165, 1.54) is 6.42 Å². The number of benzene rings is 2. The highest BCUT2D eigenvalue weighted by Crippen LogP contribution is 2.18. The van der Waals surface area contributed by atoms with Gasteiger partial charge in [0.25, 0.3) is 0 Å².